The Morgan fingerprint density at radius 1 is 0.853 bits per heavy atom. The number of carbonyl (C=O) groups is 6. The summed E-state index contributed by atoms with van der Waals surface area (Å²) < 4.78 is 0. The Balaban J connectivity index is 5.09. The second kappa shape index (κ2) is 15.0. The molecule has 0 spiro atoms. The molecule has 0 bridgehead atoms. The van der Waals surface area contributed by atoms with Crippen LogP contribution in [0.4, 0.5) is 0 Å². The summed E-state index contributed by atoms with van der Waals surface area (Å²) in [5.41, 5.74) is 20.9. The van der Waals surface area contributed by atoms with Crippen LogP contribution >= 0.6 is 0 Å². The molecule has 0 aromatic rings. The fourth-order valence-corrected chi connectivity index (χ4v) is 2.53. The van der Waals surface area contributed by atoms with Crippen molar-refractivity contribution < 1.29 is 39.0 Å². The molecule has 0 aliphatic carbocycles. The van der Waals surface area contributed by atoms with Crippen LogP contribution in [0, 0.1) is 0 Å². The van der Waals surface area contributed by atoms with Crippen molar-refractivity contribution >= 4 is 41.5 Å². The molecule has 0 saturated heterocycles. The van der Waals surface area contributed by atoms with Gasteiger partial charge in [-0.3, -0.25) is 29.0 Å². The highest BCUT2D eigenvalue weighted by Gasteiger charge is 2.30. The van der Waals surface area contributed by atoms with E-state index in [-0.39, 0.29) is 38.2 Å². The first kappa shape index (κ1) is 30.0. The second-order valence-electron chi connectivity index (χ2n) is 7.35. The number of aliphatic imine (C=N–C) groups is 1. The lowest BCUT2D eigenvalue weighted by Gasteiger charge is -2.23. The van der Waals surface area contributed by atoms with Gasteiger partial charge >= 0.3 is 11.9 Å². The van der Waals surface area contributed by atoms with Crippen LogP contribution in [0.1, 0.15) is 39.0 Å². The van der Waals surface area contributed by atoms with Gasteiger partial charge in [0.05, 0.1) is 12.5 Å². The van der Waals surface area contributed by atoms with Gasteiger partial charge in [0.2, 0.25) is 23.6 Å². The normalized spacial score (nSPS) is 13.9. The van der Waals surface area contributed by atoms with Crippen molar-refractivity contribution in [3.05, 3.63) is 0 Å². The fourth-order valence-electron chi connectivity index (χ4n) is 2.53. The molecular formula is C18H32N8O8. The smallest absolute Gasteiger partial charge is 0.326 e. The fraction of sp³-hybridized carbons (Fsp3) is 0.611. The summed E-state index contributed by atoms with van der Waals surface area (Å²) in [5, 5.41) is 25.0. The number of carboxylic acid groups (broad SMARTS) is 2. The highest BCUT2D eigenvalue weighted by molar-refractivity contribution is 5.95. The maximum atomic E-state index is 12.5. The van der Waals surface area contributed by atoms with Gasteiger partial charge in [0.15, 0.2) is 5.96 Å². The number of rotatable bonds is 16. The SMILES string of the molecule is CC(NC(=O)C(N)CCC(N)=O)C(=O)NC(CC(=O)O)C(=O)NC(CCCN=C(N)N)C(=O)O. The Labute approximate surface area is 194 Å². The molecule has 0 aromatic carbocycles. The molecule has 0 saturated carbocycles. The van der Waals surface area contributed by atoms with Gasteiger partial charge in [0.1, 0.15) is 18.1 Å². The van der Waals surface area contributed by atoms with Crippen LogP contribution in [0.5, 0.6) is 0 Å². The van der Waals surface area contributed by atoms with Gasteiger partial charge in [-0.1, -0.05) is 0 Å². The molecule has 16 nitrogen and oxygen atoms in total. The van der Waals surface area contributed by atoms with Crippen molar-refractivity contribution in [2.45, 2.75) is 63.2 Å². The summed E-state index contributed by atoms with van der Waals surface area (Å²) in [5.74, 6) is -6.41. The van der Waals surface area contributed by atoms with Crippen LogP contribution < -0.4 is 38.9 Å². The second-order valence-corrected chi connectivity index (χ2v) is 7.35. The first-order valence-electron chi connectivity index (χ1n) is 10.2. The predicted molar refractivity (Wildman–Crippen MR) is 118 cm³/mol. The third-order valence-electron chi connectivity index (χ3n) is 4.36. The summed E-state index contributed by atoms with van der Waals surface area (Å²) in [6, 6.07) is -5.38. The van der Waals surface area contributed by atoms with Gasteiger partial charge < -0.3 is 49.1 Å². The number of aliphatic carboxylic acids is 2. The summed E-state index contributed by atoms with van der Waals surface area (Å²) >= 11 is 0. The van der Waals surface area contributed by atoms with Crippen molar-refractivity contribution in [2.75, 3.05) is 6.54 Å². The maximum Gasteiger partial charge on any atom is 0.326 e. The molecule has 0 aliphatic rings. The van der Waals surface area contributed by atoms with E-state index in [1.54, 1.807) is 0 Å². The number of guanidine groups is 1. The van der Waals surface area contributed by atoms with Crippen LogP contribution in [0.25, 0.3) is 0 Å². The molecule has 0 aromatic heterocycles. The van der Waals surface area contributed by atoms with Gasteiger partial charge in [0, 0.05) is 13.0 Å². The van der Waals surface area contributed by atoms with Crippen molar-refractivity contribution in [1.29, 1.82) is 0 Å². The number of nitrogens with zero attached hydrogens (tertiary/aromatic N) is 1. The Kier molecular flexibility index (Phi) is 13.2. The average Bonchev–Trinajstić information content (AvgIpc) is 2.72. The van der Waals surface area contributed by atoms with Crippen molar-refractivity contribution in [3.8, 4) is 0 Å². The number of hydrogen-bond acceptors (Lipinski definition) is 8. The van der Waals surface area contributed by atoms with Crippen LogP contribution in [0.15, 0.2) is 4.99 Å². The number of primary amides is 1. The average molecular weight is 489 g/mol. The van der Waals surface area contributed by atoms with Crippen LogP contribution in [0.3, 0.4) is 0 Å². The summed E-state index contributed by atoms with van der Waals surface area (Å²) in [6.07, 6.45) is -0.922. The van der Waals surface area contributed by atoms with E-state index in [9.17, 15) is 33.9 Å². The zero-order valence-electron chi connectivity index (χ0n) is 18.7. The van der Waals surface area contributed by atoms with E-state index in [0.717, 1.165) is 0 Å². The van der Waals surface area contributed by atoms with Gasteiger partial charge in [-0.25, -0.2) is 4.79 Å². The first-order valence-corrected chi connectivity index (χ1v) is 10.2. The number of nitrogens with two attached hydrogens (primary N) is 4. The van der Waals surface area contributed by atoms with Crippen molar-refractivity contribution in [1.82, 2.24) is 16.0 Å². The summed E-state index contributed by atoms with van der Waals surface area (Å²) in [7, 11) is 0. The molecule has 4 amide bonds. The van der Waals surface area contributed by atoms with Crippen LogP contribution in [-0.2, 0) is 28.8 Å². The molecule has 34 heavy (non-hydrogen) atoms. The van der Waals surface area contributed by atoms with E-state index in [1.807, 2.05) is 0 Å². The minimum atomic E-state index is -1.63. The first-order chi connectivity index (χ1) is 15.7. The minimum absolute atomic E-state index is 0.0562. The van der Waals surface area contributed by atoms with Gasteiger partial charge in [-0.2, -0.15) is 0 Å². The largest absolute Gasteiger partial charge is 0.481 e. The van der Waals surface area contributed by atoms with E-state index in [2.05, 4.69) is 20.9 Å². The van der Waals surface area contributed by atoms with Crippen LogP contribution in [0.2, 0.25) is 0 Å². The Bertz CT molecular complexity index is 799. The molecule has 4 unspecified atom stereocenters. The zero-order valence-corrected chi connectivity index (χ0v) is 18.7. The Hall–Kier alpha value is -3.95. The van der Waals surface area contributed by atoms with E-state index in [0.29, 0.717) is 0 Å². The topological polar surface area (TPSA) is 295 Å². The standard InChI is InChI=1S/C18H32N8O8/c1-8(24-15(31)9(19)4-5-12(20)27)14(30)26-11(7-13(28)29)16(32)25-10(17(33)34)3-2-6-23-18(21)22/h8-11H,2-7,19H2,1H3,(H2,20,27)(H,24,31)(H,25,32)(H,26,30)(H,28,29)(H,33,34)(H4,21,22,23). The molecule has 0 heterocycles. The molecule has 0 radical (unpaired) electrons. The zero-order chi connectivity index (χ0) is 26.4. The molecule has 0 rings (SSSR count). The van der Waals surface area contributed by atoms with E-state index in [4.69, 9.17) is 28.0 Å². The minimum Gasteiger partial charge on any atom is -0.481 e. The van der Waals surface area contributed by atoms with E-state index < -0.39 is 66.2 Å². The summed E-state index contributed by atoms with van der Waals surface area (Å²) in [6.45, 7) is 1.36. The summed E-state index contributed by atoms with van der Waals surface area (Å²) in [4.78, 5) is 74.0. The predicted octanol–water partition coefficient (Wildman–Crippen LogP) is -4.33. The number of hydrogen-bond donors (Lipinski definition) is 9. The quantitative estimate of drug-likeness (QED) is 0.0568. The molecule has 4 atom stereocenters. The van der Waals surface area contributed by atoms with Gasteiger partial charge in [-0.15, -0.1) is 0 Å². The number of nitrogens with one attached hydrogen (secondary N) is 3. The lowest BCUT2D eigenvalue weighted by atomic mass is 10.1. The molecule has 0 fully saturated rings. The van der Waals surface area contributed by atoms with Gasteiger partial charge in [0.25, 0.3) is 0 Å². The number of amides is 4. The third kappa shape index (κ3) is 12.8. The molecular weight excluding hydrogens is 456 g/mol. The van der Waals surface area contributed by atoms with Crippen molar-refractivity contribution in [2.24, 2.45) is 27.9 Å². The van der Waals surface area contributed by atoms with E-state index >= 15 is 0 Å². The van der Waals surface area contributed by atoms with E-state index in [1.165, 1.54) is 6.92 Å². The molecule has 13 N–H and O–H groups in total. The highest BCUT2D eigenvalue weighted by Crippen LogP contribution is 2.02. The van der Waals surface area contributed by atoms with Crippen molar-refractivity contribution in [3.63, 3.8) is 0 Å². The lowest BCUT2D eigenvalue weighted by molar-refractivity contribution is -0.143. The molecule has 192 valence electrons. The maximum absolute atomic E-state index is 12.5. The van der Waals surface area contributed by atoms with Crippen LogP contribution in [-0.4, -0.2) is 82.5 Å². The molecule has 16 heteroatoms. The van der Waals surface area contributed by atoms with Gasteiger partial charge in [-0.05, 0) is 26.2 Å². The lowest BCUT2D eigenvalue weighted by Crippen LogP contribution is -2.56. The highest BCUT2D eigenvalue weighted by atomic mass is 16.4. The Morgan fingerprint density at radius 2 is 1.44 bits per heavy atom. The number of carboxylic acids is 2. The monoisotopic (exact) mass is 488 g/mol. The third-order valence-corrected chi connectivity index (χ3v) is 4.36. The Morgan fingerprint density at radius 3 is 1.94 bits per heavy atom. The number of carbonyl (C=O) groups excluding carboxylic acids is 4. The molecule has 0 aliphatic heterocycles.